The zero-order valence-corrected chi connectivity index (χ0v) is 15.7. The Hall–Kier alpha value is -1.36. The van der Waals surface area contributed by atoms with E-state index in [9.17, 15) is 4.79 Å². The van der Waals surface area contributed by atoms with E-state index in [0.717, 1.165) is 23.2 Å². The predicted octanol–water partition coefficient (Wildman–Crippen LogP) is 5.53. The van der Waals surface area contributed by atoms with Crippen LogP contribution in [0.2, 0.25) is 0 Å². The molecule has 1 amide bonds. The van der Waals surface area contributed by atoms with Crippen molar-refractivity contribution in [1.82, 2.24) is 0 Å². The van der Waals surface area contributed by atoms with E-state index in [1.54, 1.807) is 11.1 Å². The van der Waals surface area contributed by atoms with Gasteiger partial charge in [-0.1, -0.05) is 5.57 Å². The Balaban J connectivity index is 1.78. The molecule has 0 unspecified atom stereocenters. The number of hydrogen-bond acceptors (Lipinski definition) is 1. The lowest BCUT2D eigenvalue weighted by atomic mass is 9.91. The van der Waals surface area contributed by atoms with Gasteiger partial charge in [0.05, 0.1) is 0 Å². The first kappa shape index (κ1) is 15.2. The lowest BCUT2D eigenvalue weighted by Gasteiger charge is -2.14. The summed E-state index contributed by atoms with van der Waals surface area (Å²) in [4.78, 5) is 12.5. The molecule has 1 aromatic carbocycles. The maximum absolute atomic E-state index is 12.5. The fourth-order valence-electron chi connectivity index (χ4n) is 4.08. The number of hydrogen-bond donors (Lipinski definition) is 1. The van der Waals surface area contributed by atoms with Crippen molar-refractivity contribution in [1.29, 1.82) is 0 Å². The van der Waals surface area contributed by atoms with Gasteiger partial charge in [-0.3, -0.25) is 4.79 Å². The average molecular weight is 417 g/mol. The van der Waals surface area contributed by atoms with Gasteiger partial charge < -0.3 is 5.32 Å². The van der Waals surface area contributed by atoms with Crippen LogP contribution in [0, 0.1) is 10.5 Å². The van der Waals surface area contributed by atoms with E-state index >= 15 is 0 Å². The van der Waals surface area contributed by atoms with Crippen LogP contribution >= 0.6 is 22.6 Å². The van der Waals surface area contributed by atoms with Crippen molar-refractivity contribution < 1.29 is 4.79 Å². The van der Waals surface area contributed by atoms with E-state index in [-0.39, 0.29) is 5.91 Å². The summed E-state index contributed by atoms with van der Waals surface area (Å²) in [6.07, 6.45) is 8.26. The molecule has 0 saturated heterocycles. The highest BCUT2D eigenvalue weighted by molar-refractivity contribution is 14.1. The summed E-state index contributed by atoms with van der Waals surface area (Å²) in [7, 11) is 0. The number of benzene rings is 1. The minimum absolute atomic E-state index is 0.0373. The van der Waals surface area contributed by atoms with E-state index in [1.165, 1.54) is 46.0 Å². The minimum atomic E-state index is 0.0373. The Bertz CT molecular complexity index is 826. The maximum Gasteiger partial charge on any atom is 0.256 e. The molecule has 3 aliphatic rings. The first-order chi connectivity index (χ1) is 11.1. The Morgan fingerprint density at radius 1 is 1.17 bits per heavy atom. The number of halogens is 1. The summed E-state index contributed by atoms with van der Waals surface area (Å²) in [6, 6.07) is 4.08. The zero-order valence-electron chi connectivity index (χ0n) is 13.6. The molecule has 1 heterocycles. The van der Waals surface area contributed by atoms with Gasteiger partial charge in [-0.15, -0.1) is 0 Å². The Morgan fingerprint density at radius 3 is 2.74 bits per heavy atom. The van der Waals surface area contributed by atoms with Crippen LogP contribution in [0.3, 0.4) is 0 Å². The molecule has 118 valence electrons. The number of anilines is 1. The van der Waals surface area contributed by atoms with Crippen molar-refractivity contribution in [2.45, 2.75) is 46.0 Å². The molecule has 23 heavy (non-hydrogen) atoms. The number of nitrogens with one attached hydrogen (secondary N) is 1. The quantitative estimate of drug-likeness (QED) is 0.473. The highest BCUT2D eigenvalue weighted by Gasteiger charge is 2.29. The van der Waals surface area contributed by atoms with Crippen LogP contribution in [0.4, 0.5) is 5.69 Å². The molecule has 0 saturated carbocycles. The maximum atomic E-state index is 12.5. The van der Waals surface area contributed by atoms with Crippen molar-refractivity contribution in [3.05, 3.63) is 55.2 Å². The molecule has 4 rings (SSSR count). The minimum Gasteiger partial charge on any atom is -0.321 e. The van der Waals surface area contributed by atoms with Gasteiger partial charge in [0.25, 0.3) is 5.91 Å². The van der Waals surface area contributed by atoms with Gasteiger partial charge in [0.1, 0.15) is 0 Å². The fraction of sp³-hybridized carbons (Fsp3) is 0.350. The van der Waals surface area contributed by atoms with Crippen LogP contribution < -0.4 is 5.32 Å². The molecule has 3 heteroatoms. The second-order valence-corrected chi connectivity index (χ2v) is 7.89. The molecule has 0 spiro atoms. The van der Waals surface area contributed by atoms with Gasteiger partial charge in [0, 0.05) is 20.4 Å². The predicted molar refractivity (Wildman–Crippen MR) is 103 cm³/mol. The first-order valence-corrected chi connectivity index (χ1v) is 9.37. The molecule has 2 aliphatic carbocycles. The van der Waals surface area contributed by atoms with Crippen molar-refractivity contribution in [2.24, 2.45) is 0 Å². The van der Waals surface area contributed by atoms with E-state index in [0.29, 0.717) is 0 Å². The lowest BCUT2D eigenvalue weighted by Crippen LogP contribution is -2.04. The van der Waals surface area contributed by atoms with Gasteiger partial charge in [0.2, 0.25) is 0 Å². The lowest BCUT2D eigenvalue weighted by molar-refractivity contribution is -0.110. The standard InChI is InChI=1S/C20H20INO/c1-11-14(9-13-5-3-4-6-15(11)13)10-16-19-12(2)17(21)7-8-18(19)22-20(16)23/h7-8,10H,3-6,9H2,1-2H3,(H,22,23). The highest BCUT2D eigenvalue weighted by atomic mass is 127. The highest BCUT2D eigenvalue weighted by Crippen LogP contribution is 2.43. The van der Waals surface area contributed by atoms with Gasteiger partial charge in [-0.05, 0) is 109 Å². The molecule has 1 N–H and O–H groups in total. The summed E-state index contributed by atoms with van der Waals surface area (Å²) in [5.74, 6) is 0.0373. The number of amides is 1. The topological polar surface area (TPSA) is 29.1 Å². The Morgan fingerprint density at radius 2 is 1.96 bits per heavy atom. The molecule has 0 bridgehead atoms. The normalized spacial score (nSPS) is 21.9. The molecular weight excluding hydrogens is 397 g/mol. The Labute approximate surface area is 150 Å². The van der Waals surface area contributed by atoms with Crippen molar-refractivity contribution >= 4 is 39.8 Å². The van der Waals surface area contributed by atoms with E-state index < -0.39 is 0 Å². The third kappa shape index (κ3) is 2.40. The Kier molecular flexibility index (Phi) is 3.71. The van der Waals surface area contributed by atoms with Crippen LogP contribution in [0.15, 0.2) is 40.5 Å². The van der Waals surface area contributed by atoms with Gasteiger partial charge in [-0.25, -0.2) is 0 Å². The van der Waals surface area contributed by atoms with E-state index in [4.69, 9.17) is 0 Å². The molecule has 0 aromatic heterocycles. The molecular formula is C20H20INO. The number of carbonyl (C=O) groups excluding carboxylic acids is 1. The largest absolute Gasteiger partial charge is 0.321 e. The second-order valence-electron chi connectivity index (χ2n) is 6.72. The molecule has 1 aromatic rings. The monoisotopic (exact) mass is 417 g/mol. The van der Waals surface area contributed by atoms with Gasteiger partial charge >= 0.3 is 0 Å². The number of rotatable bonds is 1. The van der Waals surface area contributed by atoms with Crippen molar-refractivity contribution in [3.8, 4) is 0 Å². The van der Waals surface area contributed by atoms with Gasteiger partial charge in [0.15, 0.2) is 0 Å². The average Bonchev–Trinajstić information content (AvgIpc) is 3.03. The second kappa shape index (κ2) is 5.62. The van der Waals surface area contributed by atoms with Crippen LogP contribution in [0.5, 0.6) is 0 Å². The van der Waals surface area contributed by atoms with Crippen LogP contribution in [-0.2, 0) is 4.79 Å². The third-order valence-corrected chi connectivity index (χ3v) is 6.57. The summed E-state index contributed by atoms with van der Waals surface area (Å²) in [6.45, 7) is 4.34. The SMILES string of the molecule is CC1=C(C=C2C(=O)Nc3ccc(I)c(C)c32)CC2=C1CCCC2. The number of carbonyl (C=O) groups is 1. The summed E-state index contributed by atoms with van der Waals surface area (Å²) >= 11 is 2.34. The van der Waals surface area contributed by atoms with Crippen molar-refractivity contribution in [3.63, 3.8) is 0 Å². The van der Waals surface area contributed by atoms with Gasteiger partial charge in [-0.2, -0.15) is 0 Å². The van der Waals surface area contributed by atoms with E-state index in [1.807, 2.05) is 6.07 Å². The third-order valence-electron chi connectivity index (χ3n) is 5.40. The molecule has 0 radical (unpaired) electrons. The smallest absolute Gasteiger partial charge is 0.256 e. The van der Waals surface area contributed by atoms with Crippen LogP contribution in [0.1, 0.15) is 50.2 Å². The van der Waals surface area contributed by atoms with E-state index in [2.05, 4.69) is 53.9 Å². The van der Waals surface area contributed by atoms with Crippen molar-refractivity contribution in [2.75, 3.05) is 5.32 Å². The molecule has 1 aliphatic heterocycles. The summed E-state index contributed by atoms with van der Waals surface area (Å²) in [5.41, 5.74) is 10.0. The number of fused-ring (bicyclic) bond motifs is 1. The molecule has 0 fully saturated rings. The zero-order chi connectivity index (χ0) is 16.1. The first-order valence-electron chi connectivity index (χ1n) is 8.30. The summed E-state index contributed by atoms with van der Waals surface area (Å²) in [5, 5.41) is 3.02. The molecule has 0 atom stereocenters. The van der Waals surface area contributed by atoms with Crippen LogP contribution in [-0.4, -0.2) is 5.91 Å². The van der Waals surface area contributed by atoms with Crippen LogP contribution in [0.25, 0.3) is 5.57 Å². The summed E-state index contributed by atoms with van der Waals surface area (Å²) < 4.78 is 1.21. The number of allylic oxidation sites excluding steroid dienone is 5. The molecule has 2 nitrogen and oxygen atoms in total. The fourth-order valence-corrected chi connectivity index (χ4v) is 4.53.